The van der Waals surface area contributed by atoms with Crippen LogP contribution in [0.25, 0.3) is 0 Å². The molecule has 3 rings (SSSR count). The van der Waals surface area contributed by atoms with Gasteiger partial charge in [-0.2, -0.15) is 0 Å². The average Bonchev–Trinajstić information content (AvgIpc) is 2.57. The minimum atomic E-state index is -0.307. The van der Waals surface area contributed by atoms with Gasteiger partial charge in [0.25, 0.3) is 5.91 Å². The highest BCUT2D eigenvalue weighted by Gasteiger charge is 2.23. The van der Waals surface area contributed by atoms with Crippen LogP contribution in [0.15, 0.2) is 54.6 Å². The summed E-state index contributed by atoms with van der Waals surface area (Å²) in [5.74, 6) is 0.343. The number of piperidine rings is 1. The van der Waals surface area contributed by atoms with E-state index < -0.39 is 0 Å². The molecule has 0 N–H and O–H groups in total. The van der Waals surface area contributed by atoms with Crippen molar-refractivity contribution in [3.63, 3.8) is 0 Å². The number of halogens is 1. The van der Waals surface area contributed by atoms with Crippen molar-refractivity contribution in [2.24, 2.45) is 5.92 Å². The van der Waals surface area contributed by atoms with Crippen LogP contribution in [0, 0.1) is 11.7 Å². The Kier molecular flexibility index (Phi) is 4.52. The summed E-state index contributed by atoms with van der Waals surface area (Å²) in [5.41, 5.74) is 1.94. The molecule has 3 heteroatoms. The monoisotopic (exact) mass is 297 g/mol. The van der Waals surface area contributed by atoms with Gasteiger partial charge in [-0.15, -0.1) is 0 Å². The van der Waals surface area contributed by atoms with Crippen molar-refractivity contribution in [1.82, 2.24) is 4.90 Å². The highest BCUT2D eigenvalue weighted by atomic mass is 19.1. The first-order chi connectivity index (χ1) is 10.7. The topological polar surface area (TPSA) is 20.3 Å². The lowest BCUT2D eigenvalue weighted by Crippen LogP contribution is -2.38. The Bertz CT molecular complexity index is 616. The first-order valence-electron chi connectivity index (χ1n) is 7.81. The lowest BCUT2D eigenvalue weighted by Gasteiger charge is -2.32. The lowest BCUT2D eigenvalue weighted by molar-refractivity contribution is 0.0690. The van der Waals surface area contributed by atoms with Gasteiger partial charge in [0.05, 0.1) is 0 Å². The normalized spacial score (nSPS) is 15.8. The van der Waals surface area contributed by atoms with E-state index in [4.69, 9.17) is 0 Å². The molecular weight excluding hydrogens is 277 g/mol. The van der Waals surface area contributed by atoms with Gasteiger partial charge in [-0.05, 0) is 55.0 Å². The van der Waals surface area contributed by atoms with Gasteiger partial charge in [0.1, 0.15) is 5.82 Å². The lowest BCUT2D eigenvalue weighted by atomic mass is 9.90. The van der Waals surface area contributed by atoms with E-state index in [0.29, 0.717) is 11.5 Å². The molecule has 1 amide bonds. The van der Waals surface area contributed by atoms with E-state index in [2.05, 4.69) is 24.3 Å². The van der Waals surface area contributed by atoms with Crippen LogP contribution in [0.2, 0.25) is 0 Å². The zero-order valence-electron chi connectivity index (χ0n) is 12.5. The molecule has 0 unspecified atom stereocenters. The van der Waals surface area contributed by atoms with Crippen molar-refractivity contribution in [2.75, 3.05) is 13.1 Å². The molecule has 2 aromatic rings. The Morgan fingerprint density at radius 2 is 1.64 bits per heavy atom. The van der Waals surface area contributed by atoms with Crippen molar-refractivity contribution in [3.05, 3.63) is 71.5 Å². The molecule has 1 saturated heterocycles. The van der Waals surface area contributed by atoms with Crippen LogP contribution < -0.4 is 0 Å². The fourth-order valence-electron chi connectivity index (χ4n) is 3.06. The van der Waals surface area contributed by atoms with Crippen LogP contribution in [-0.4, -0.2) is 23.9 Å². The molecule has 1 aliphatic rings. The molecule has 0 aliphatic carbocycles. The third kappa shape index (κ3) is 3.53. The summed E-state index contributed by atoms with van der Waals surface area (Å²) >= 11 is 0. The van der Waals surface area contributed by atoms with Crippen molar-refractivity contribution in [1.29, 1.82) is 0 Å². The van der Waals surface area contributed by atoms with E-state index in [1.807, 2.05) is 11.0 Å². The summed E-state index contributed by atoms with van der Waals surface area (Å²) < 4.78 is 12.9. The highest BCUT2D eigenvalue weighted by Crippen LogP contribution is 2.22. The van der Waals surface area contributed by atoms with Gasteiger partial charge >= 0.3 is 0 Å². The van der Waals surface area contributed by atoms with E-state index in [9.17, 15) is 9.18 Å². The second-order valence-corrected chi connectivity index (χ2v) is 5.93. The Morgan fingerprint density at radius 1 is 1.00 bits per heavy atom. The van der Waals surface area contributed by atoms with E-state index in [0.717, 1.165) is 32.4 Å². The number of hydrogen-bond donors (Lipinski definition) is 0. The quantitative estimate of drug-likeness (QED) is 0.841. The molecule has 2 nitrogen and oxygen atoms in total. The van der Waals surface area contributed by atoms with Gasteiger partial charge in [0.2, 0.25) is 0 Å². The van der Waals surface area contributed by atoms with Gasteiger partial charge in [-0.1, -0.05) is 30.3 Å². The first kappa shape index (κ1) is 14.8. The molecule has 1 aliphatic heterocycles. The molecule has 0 saturated carbocycles. The van der Waals surface area contributed by atoms with Gasteiger partial charge in [-0.25, -0.2) is 4.39 Å². The molecule has 1 fully saturated rings. The molecule has 114 valence electrons. The SMILES string of the molecule is O=C(c1ccc(F)cc1)N1CCC(Cc2ccccc2)CC1. The summed E-state index contributed by atoms with van der Waals surface area (Å²) in [7, 11) is 0. The van der Waals surface area contributed by atoms with Gasteiger partial charge < -0.3 is 4.90 Å². The second-order valence-electron chi connectivity index (χ2n) is 5.93. The molecule has 0 bridgehead atoms. The van der Waals surface area contributed by atoms with E-state index in [1.54, 1.807) is 12.1 Å². The number of carbonyl (C=O) groups excluding carboxylic acids is 1. The van der Waals surface area contributed by atoms with Crippen molar-refractivity contribution in [3.8, 4) is 0 Å². The summed E-state index contributed by atoms with van der Waals surface area (Å²) in [6, 6.07) is 16.3. The van der Waals surface area contributed by atoms with Crippen LogP contribution in [0.3, 0.4) is 0 Å². The number of amides is 1. The second kappa shape index (κ2) is 6.73. The molecule has 22 heavy (non-hydrogen) atoms. The van der Waals surface area contributed by atoms with E-state index >= 15 is 0 Å². The predicted octanol–water partition coefficient (Wildman–Crippen LogP) is 3.92. The Balaban J connectivity index is 1.55. The molecule has 0 radical (unpaired) electrons. The maximum atomic E-state index is 12.9. The van der Waals surface area contributed by atoms with Crippen molar-refractivity contribution >= 4 is 5.91 Å². The van der Waals surface area contributed by atoms with Crippen LogP contribution in [0.1, 0.15) is 28.8 Å². The minimum Gasteiger partial charge on any atom is -0.339 e. The van der Waals surface area contributed by atoms with Gasteiger partial charge in [-0.3, -0.25) is 4.79 Å². The Labute approximate surface area is 130 Å². The number of benzene rings is 2. The van der Waals surface area contributed by atoms with Crippen LogP contribution in [-0.2, 0) is 6.42 Å². The standard InChI is InChI=1S/C19H20FNO/c20-18-8-6-17(7-9-18)19(22)21-12-10-16(11-13-21)14-15-4-2-1-3-5-15/h1-9,16H,10-14H2. The van der Waals surface area contributed by atoms with Gasteiger partial charge in [0, 0.05) is 18.7 Å². The number of hydrogen-bond acceptors (Lipinski definition) is 1. The molecular formula is C19H20FNO. The van der Waals surface area contributed by atoms with Gasteiger partial charge in [0.15, 0.2) is 0 Å². The highest BCUT2D eigenvalue weighted by molar-refractivity contribution is 5.94. The molecule has 1 heterocycles. The minimum absolute atomic E-state index is 0.0122. The summed E-state index contributed by atoms with van der Waals surface area (Å²) in [5, 5.41) is 0. The smallest absolute Gasteiger partial charge is 0.253 e. The number of rotatable bonds is 3. The maximum Gasteiger partial charge on any atom is 0.253 e. The zero-order valence-corrected chi connectivity index (χ0v) is 12.5. The van der Waals surface area contributed by atoms with Crippen LogP contribution in [0.5, 0.6) is 0 Å². The van der Waals surface area contributed by atoms with Crippen LogP contribution >= 0.6 is 0 Å². The summed E-state index contributed by atoms with van der Waals surface area (Å²) in [6.07, 6.45) is 3.14. The number of likely N-dealkylation sites (tertiary alicyclic amines) is 1. The van der Waals surface area contributed by atoms with Crippen molar-refractivity contribution in [2.45, 2.75) is 19.3 Å². The van der Waals surface area contributed by atoms with Crippen molar-refractivity contribution < 1.29 is 9.18 Å². The number of nitrogens with zero attached hydrogens (tertiary/aromatic N) is 1. The molecule has 2 aromatic carbocycles. The first-order valence-corrected chi connectivity index (χ1v) is 7.81. The third-order valence-corrected chi connectivity index (χ3v) is 4.36. The Hall–Kier alpha value is -2.16. The van der Waals surface area contributed by atoms with E-state index in [1.165, 1.54) is 17.7 Å². The van der Waals surface area contributed by atoms with E-state index in [-0.39, 0.29) is 11.7 Å². The fourth-order valence-corrected chi connectivity index (χ4v) is 3.06. The molecule has 0 spiro atoms. The average molecular weight is 297 g/mol. The Morgan fingerprint density at radius 3 is 2.27 bits per heavy atom. The number of carbonyl (C=O) groups is 1. The third-order valence-electron chi connectivity index (χ3n) is 4.36. The molecule has 0 atom stereocenters. The fraction of sp³-hybridized carbons (Fsp3) is 0.316. The largest absolute Gasteiger partial charge is 0.339 e. The predicted molar refractivity (Wildman–Crippen MR) is 85.2 cm³/mol. The van der Waals surface area contributed by atoms with Crippen LogP contribution in [0.4, 0.5) is 4.39 Å². The summed E-state index contributed by atoms with van der Waals surface area (Å²) in [6.45, 7) is 1.57. The molecule has 0 aromatic heterocycles. The summed E-state index contributed by atoms with van der Waals surface area (Å²) in [4.78, 5) is 14.3. The zero-order chi connectivity index (χ0) is 15.4. The maximum absolute atomic E-state index is 12.9.